The molecule has 2 aliphatic rings. The quantitative estimate of drug-likeness (QED) is 0.589. The lowest BCUT2D eigenvalue weighted by Crippen LogP contribution is -2.25. The van der Waals surface area contributed by atoms with Crippen molar-refractivity contribution < 1.29 is 27.8 Å². The van der Waals surface area contributed by atoms with E-state index in [4.69, 9.17) is 4.74 Å². The Labute approximate surface area is 95.1 Å². The first-order valence-corrected chi connectivity index (χ1v) is 5.15. The van der Waals surface area contributed by atoms with Gasteiger partial charge in [-0.15, -0.1) is 8.78 Å². The Kier molecular flexibility index (Phi) is 2.01. The monoisotopic (exact) mass is 242 g/mol. The summed E-state index contributed by atoms with van der Waals surface area (Å²) < 4.78 is 38.9. The third kappa shape index (κ3) is 2.02. The van der Waals surface area contributed by atoms with E-state index in [1.807, 2.05) is 0 Å². The minimum absolute atomic E-state index is 0.0538. The number of fused-ring (bicyclic) bond motifs is 1. The van der Waals surface area contributed by atoms with Gasteiger partial charge in [-0.05, 0) is 25.0 Å². The fourth-order valence-electron chi connectivity index (χ4n) is 1.51. The number of esters is 1. The molecule has 0 saturated heterocycles. The van der Waals surface area contributed by atoms with Crippen LogP contribution in [0.4, 0.5) is 8.78 Å². The molecular formula is C11H8F2O4. The number of benzene rings is 1. The first-order chi connectivity index (χ1) is 8.03. The molecule has 3 rings (SSSR count). The molecule has 0 spiro atoms. The van der Waals surface area contributed by atoms with Crippen LogP contribution in [0.5, 0.6) is 17.2 Å². The molecule has 0 radical (unpaired) electrons. The zero-order valence-corrected chi connectivity index (χ0v) is 8.61. The number of ether oxygens (including phenoxy) is 3. The van der Waals surface area contributed by atoms with Crippen molar-refractivity contribution in [2.75, 3.05) is 0 Å². The number of hydrogen-bond acceptors (Lipinski definition) is 4. The van der Waals surface area contributed by atoms with Crippen LogP contribution in [0.1, 0.15) is 12.8 Å². The van der Waals surface area contributed by atoms with E-state index in [9.17, 15) is 13.6 Å². The van der Waals surface area contributed by atoms with Crippen LogP contribution in [-0.4, -0.2) is 12.3 Å². The van der Waals surface area contributed by atoms with Gasteiger partial charge in [0.25, 0.3) is 0 Å². The number of rotatable bonds is 2. The maximum Gasteiger partial charge on any atom is 0.586 e. The van der Waals surface area contributed by atoms with E-state index in [0.717, 1.165) is 12.8 Å². The number of carbonyl (C=O) groups is 1. The van der Waals surface area contributed by atoms with Crippen LogP contribution < -0.4 is 14.2 Å². The summed E-state index contributed by atoms with van der Waals surface area (Å²) in [5.74, 6) is -0.406. The van der Waals surface area contributed by atoms with E-state index in [2.05, 4.69) is 9.47 Å². The first kappa shape index (κ1) is 10.3. The molecule has 1 heterocycles. The largest absolute Gasteiger partial charge is 0.586 e. The van der Waals surface area contributed by atoms with Crippen molar-refractivity contribution in [3.05, 3.63) is 18.2 Å². The highest BCUT2D eigenvalue weighted by Crippen LogP contribution is 2.43. The van der Waals surface area contributed by atoms with E-state index < -0.39 is 6.29 Å². The standard InChI is InChI=1S/C11H8F2O4/c12-11(13)16-8-4-3-7(5-9(8)17-11)15-10(14)6-1-2-6/h3-6H,1-2H2. The van der Waals surface area contributed by atoms with E-state index >= 15 is 0 Å². The molecule has 1 aromatic rings. The fraction of sp³-hybridized carbons (Fsp3) is 0.364. The normalized spacial score (nSPS) is 20.1. The zero-order valence-electron chi connectivity index (χ0n) is 8.61. The van der Waals surface area contributed by atoms with E-state index in [-0.39, 0.29) is 29.1 Å². The highest BCUT2D eigenvalue weighted by Gasteiger charge is 2.43. The lowest BCUT2D eigenvalue weighted by Gasteiger charge is -2.04. The van der Waals surface area contributed by atoms with Crippen molar-refractivity contribution in [1.82, 2.24) is 0 Å². The summed E-state index contributed by atoms with van der Waals surface area (Å²) in [5, 5.41) is 0. The second-order valence-corrected chi connectivity index (χ2v) is 3.97. The molecule has 0 aromatic heterocycles. The molecule has 6 heteroatoms. The fourth-order valence-corrected chi connectivity index (χ4v) is 1.51. The molecule has 4 nitrogen and oxygen atoms in total. The maximum absolute atomic E-state index is 12.7. The van der Waals surface area contributed by atoms with Crippen LogP contribution in [0.15, 0.2) is 18.2 Å². The summed E-state index contributed by atoms with van der Waals surface area (Å²) in [5.41, 5.74) is 0. The van der Waals surface area contributed by atoms with Gasteiger partial charge in [-0.2, -0.15) is 0 Å². The van der Waals surface area contributed by atoms with Gasteiger partial charge in [0.1, 0.15) is 5.75 Å². The van der Waals surface area contributed by atoms with Crippen LogP contribution in [-0.2, 0) is 4.79 Å². The van der Waals surface area contributed by atoms with Gasteiger partial charge in [-0.3, -0.25) is 4.79 Å². The Bertz CT molecular complexity index is 482. The predicted octanol–water partition coefficient (Wildman–Crippen LogP) is 2.32. The second kappa shape index (κ2) is 3.32. The third-order valence-electron chi connectivity index (χ3n) is 2.50. The highest BCUT2D eigenvalue weighted by molar-refractivity contribution is 5.77. The Morgan fingerprint density at radius 2 is 2.00 bits per heavy atom. The van der Waals surface area contributed by atoms with Crippen molar-refractivity contribution in [2.24, 2.45) is 5.92 Å². The van der Waals surface area contributed by atoms with Gasteiger partial charge >= 0.3 is 12.3 Å². The summed E-state index contributed by atoms with van der Waals surface area (Å²) in [6.07, 6.45) is -2.01. The molecule has 0 unspecified atom stereocenters. The lowest BCUT2D eigenvalue weighted by atomic mass is 10.3. The Morgan fingerprint density at radius 1 is 1.29 bits per heavy atom. The summed E-state index contributed by atoms with van der Waals surface area (Å²) in [6, 6.07) is 3.89. The van der Waals surface area contributed by atoms with Crippen molar-refractivity contribution in [1.29, 1.82) is 0 Å². The molecule has 1 aromatic carbocycles. The second-order valence-electron chi connectivity index (χ2n) is 3.97. The summed E-state index contributed by atoms with van der Waals surface area (Å²) in [4.78, 5) is 11.4. The molecule has 17 heavy (non-hydrogen) atoms. The van der Waals surface area contributed by atoms with Gasteiger partial charge in [0, 0.05) is 6.07 Å². The molecule has 0 N–H and O–H groups in total. The van der Waals surface area contributed by atoms with Gasteiger partial charge in [-0.25, -0.2) is 0 Å². The SMILES string of the molecule is O=C(Oc1ccc2c(c1)OC(F)(F)O2)C1CC1. The van der Waals surface area contributed by atoms with E-state index in [1.165, 1.54) is 18.2 Å². The van der Waals surface area contributed by atoms with Crippen LogP contribution in [0.2, 0.25) is 0 Å². The van der Waals surface area contributed by atoms with Crippen molar-refractivity contribution in [3.63, 3.8) is 0 Å². The number of halogens is 2. The summed E-state index contributed by atoms with van der Waals surface area (Å²) >= 11 is 0. The third-order valence-corrected chi connectivity index (χ3v) is 2.50. The Balaban J connectivity index is 1.78. The van der Waals surface area contributed by atoms with E-state index in [0.29, 0.717) is 0 Å². The Hall–Kier alpha value is -1.85. The molecular weight excluding hydrogens is 234 g/mol. The van der Waals surface area contributed by atoms with Crippen molar-refractivity contribution in [2.45, 2.75) is 19.1 Å². The Morgan fingerprint density at radius 3 is 2.71 bits per heavy atom. The molecule has 0 amide bonds. The number of hydrogen-bond donors (Lipinski definition) is 0. The number of carbonyl (C=O) groups excluding carboxylic acids is 1. The minimum Gasteiger partial charge on any atom is -0.426 e. The molecule has 1 aliphatic carbocycles. The average molecular weight is 242 g/mol. The molecule has 90 valence electrons. The van der Waals surface area contributed by atoms with E-state index in [1.54, 1.807) is 0 Å². The van der Waals surface area contributed by atoms with Crippen LogP contribution in [0, 0.1) is 5.92 Å². The molecule has 0 bridgehead atoms. The van der Waals surface area contributed by atoms with Crippen molar-refractivity contribution >= 4 is 5.97 Å². The summed E-state index contributed by atoms with van der Waals surface area (Å²) in [7, 11) is 0. The number of alkyl halides is 2. The molecule has 0 atom stereocenters. The highest BCUT2D eigenvalue weighted by atomic mass is 19.3. The van der Waals surface area contributed by atoms with Crippen molar-refractivity contribution in [3.8, 4) is 17.2 Å². The van der Waals surface area contributed by atoms with Crippen LogP contribution >= 0.6 is 0 Å². The van der Waals surface area contributed by atoms with Gasteiger partial charge < -0.3 is 14.2 Å². The molecule has 1 aliphatic heterocycles. The smallest absolute Gasteiger partial charge is 0.426 e. The topological polar surface area (TPSA) is 44.8 Å². The molecule has 1 saturated carbocycles. The minimum atomic E-state index is -3.65. The lowest BCUT2D eigenvalue weighted by molar-refractivity contribution is -0.286. The van der Waals surface area contributed by atoms with Crippen LogP contribution in [0.25, 0.3) is 0 Å². The first-order valence-electron chi connectivity index (χ1n) is 5.15. The van der Waals surface area contributed by atoms with Gasteiger partial charge in [0.15, 0.2) is 11.5 Å². The summed E-state index contributed by atoms with van der Waals surface area (Å²) in [6.45, 7) is 0. The van der Waals surface area contributed by atoms with Gasteiger partial charge in [0.05, 0.1) is 5.92 Å². The zero-order chi connectivity index (χ0) is 12.0. The van der Waals surface area contributed by atoms with Gasteiger partial charge in [0.2, 0.25) is 0 Å². The maximum atomic E-state index is 12.7. The predicted molar refractivity (Wildman–Crippen MR) is 51.0 cm³/mol. The average Bonchev–Trinajstić information content (AvgIpc) is 3.01. The van der Waals surface area contributed by atoms with Gasteiger partial charge in [-0.1, -0.05) is 0 Å². The molecule has 1 fully saturated rings. The van der Waals surface area contributed by atoms with Crippen LogP contribution in [0.3, 0.4) is 0 Å².